The summed E-state index contributed by atoms with van der Waals surface area (Å²) in [6.07, 6.45) is -1.01. The van der Waals surface area contributed by atoms with Crippen LogP contribution in [0.15, 0.2) is 121 Å². The summed E-state index contributed by atoms with van der Waals surface area (Å²) < 4.78 is 19.5. The van der Waals surface area contributed by atoms with Gasteiger partial charge in [0.15, 0.2) is 0 Å². The minimum atomic E-state index is -0.749. The molecule has 0 radical (unpaired) electrons. The van der Waals surface area contributed by atoms with Crippen molar-refractivity contribution in [1.29, 1.82) is 0 Å². The molecule has 0 aliphatic carbocycles. The molecule has 0 heterocycles. The number of aliphatic hydroxyl groups excluding tert-OH is 1. The molecule has 0 fully saturated rings. The van der Waals surface area contributed by atoms with E-state index in [9.17, 15) is 9.90 Å². The van der Waals surface area contributed by atoms with Crippen LogP contribution in [0.25, 0.3) is 0 Å². The first-order valence-corrected chi connectivity index (χ1v) is 14.7. The molecule has 0 spiro atoms. The Balaban J connectivity index is 1.64. The molecule has 1 N–H and O–H groups in total. The molecule has 0 aromatic heterocycles. The third-order valence-corrected chi connectivity index (χ3v) is 7.20. The van der Waals surface area contributed by atoms with E-state index in [1.54, 1.807) is 0 Å². The maximum Gasteiger partial charge on any atom is 0.233 e. The number of carbonyl (C=O) groups excluding carboxylic acids is 1. The fourth-order valence-corrected chi connectivity index (χ4v) is 4.89. The van der Waals surface area contributed by atoms with Gasteiger partial charge in [0.2, 0.25) is 6.41 Å². The summed E-state index contributed by atoms with van der Waals surface area (Å²) in [7, 11) is 0. The molecule has 4 atom stereocenters. The van der Waals surface area contributed by atoms with Gasteiger partial charge in [-0.15, -0.1) is 0 Å². The lowest BCUT2D eigenvalue weighted by Gasteiger charge is -2.39. The average molecular weight is 584 g/mol. The maximum atomic E-state index is 12.5. The monoisotopic (exact) mass is 583 g/mol. The van der Waals surface area contributed by atoms with Crippen molar-refractivity contribution in [2.75, 3.05) is 6.61 Å². The second-order valence-electron chi connectivity index (χ2n) is 10.2. The van der Waals surface area contributed by atoms with Crippen LogP contribution in [0.4, 0.5) is 0 Å². The van der Waals surface area contributed by atoms with E-state index in [1.165, 1.54) is 5.06 Å². The first-order valence-electron chi connectivity index (χ1n) is 14.7. The van der Waals surface area contributed by atoms with Gasteiger partial charge in [-0.1, -0.05) is 128 Å². The lowest BCUT2D eigenvalue weighted by Crippen LogP contribution is -2.55. The quantitative estimate of drug-likeness (QED) is 0.106. The molecule has 226 valence electrons. The summed E-state index contributed by atoms with van der Waals surface area (Å²) in [6.45, 7) is 2.70. The highest BCUT2D eigenvalue weighted by molar-refractivity contribution is 5.46. The van der Waals surface area contributed by atoms with Gasteiger partial charge in [0, 0.05) is 0 Å². The molecule has 1 unspecified atom stereocenters. The largest absolute Gasteiger partial charge is 0.394 e. The number of ether oxygens (including phenoxy) is 3. The van der Waals surface area contributed by atoms with Crippen LogP contribution in [0.3, 0.4) is 0 Å². The highest BCUT2D eigenvalue weighted by Gasteiger charge is 2.40. The first kappa shape index (κ1) is 32.1. The number of hydrogen-bond acceptors (Lipinski definition) is 6. The lowest BCUT2D eigenvalue weighted by molar-refractivity contribution is -0.235. The third-order valence-electron chi connectivity index (χ3n) is 7.20. The first-order chi connectivity index (χ1) is 21.2. The molecule has 7 heteroatoms. The number of rotatable bonds is 19. The van der Waals surface area contributed by atoms with Gasteiger partial charge in [0.25, 0.3) is 0 Å². The molecule has 0 aliphatic heterocycles. The van der Waals surface area contributed by atoms with Crippen LogP contribution in [0.2, 0.25) is 0 Å². The highest BCUT2D eigenvalue weighted by atomic mass is 16.7. The van der Waals surface area contributed by atoms with E-state index in [0.29, 0.717) is 12.8 Å². The Labute approximate surface area is 254 Å². The van der Waals surface area contributed by atoms with Crippen LogP contribution in [-0.4, -0.2) is 47.5 Å². The molecule has 0 saturated heterocycles. The van der Waals surface area contributed by atoms with Crippen molar-refractivity contribution in [3.63, 3.8) is 0 Å². The van der Waals surface area contributed by atoms with Gasteiger partial charge < -0.3 is 19.3 Å². The zero-order valence-corrected chi connectivity index (χ0v) is 24.6. The summed E-state index contributed by atoms with van der Waals surface area (Å²) in [4.78, 5) is 18.5. The Morgan fingerprint density at radius 1 is 0.605 bits per heavy atom. The van der Waals surface area contributed by atoms with E-state index in [2.05, 4.69) is 0 Å². The Hall–Kier alpha value is -3.85. The highest BCUT2D eigenvalue weighted by Crippen LogP contribution is 2.25. The topological polar surface area (TPSA) is 77.5 Å². The Bertz CT molecular complexity index is 1290. The van der Waals surface area contributed by atoms with Crippen molar-refractivity contribution in [2.45, 2.75) is 64.1 Å². The number of benzene rings is 4. The van der Waals surface area contributed by atoms with E-state index in [1.807, 2.05) is 128 Å². The van der Waals surface area contributed by atoms with Gasteiger partial charge in [-0.05, 0) is 28.7 Å². The summed E-state index contributed by atoms with van der Waals surface area (Å²) in [6, 6.07) is 38.5. The summed E-state index contributed by atoms with van der Waals surface area (Å²) in [5.41, 5.74) is 3.84. The van der Waals surface area contributed by atoms with Crippen LogP contribution in [0, 0.1) is 0 Å². The molecule has 0 bridgehead atoms. The van der Waals surface area contributed by atoms with Gasteiger partial charge in [-0.25, -0.2) is 5.06 Å². The molecular formula is C36H41NO6. The van der Waals surface area contributed by atoms with Gasteiger partial charge in [-0.3, -0.25) is 9.63 Å². The van der Waals surface area contributed by atoms with E-state index in [0.717, 1.165) is 22.3 Å². The number of nitrogens with zero attached hydrogens (tertiary/aromatic N) is 1. The summed E-state index contributed by atoms with van der Waals surface area (Å²) >= 11 is 0. The minimum Gasteiger partial charge on any atom is -0.394 e. The average Bonchev–Trinajstić information content (AvgIpc) is 3.07. The van der Waals surface area contributed by atoms with Gasteiger partial charge in [-0.2, -0.15) is 0 Å². The molecule has 4 aromatic carbocycles. The zero-order valence-electron chi connectivity index (χ0n) is 24.6. The molecular weight excluding hydrogens is 542 g/mol. The number of carbonyl (C=O) groups is 1. The molecule has 0 aliphatic rings. The molecule has 7 nitrogen and oxygen atoms in total. The number of hydrogen-bond donors (Lipinski definition) is 1. The Kier molecular flexibility index (Phi) is 13.4. The maximum absolute atomic E-state index is 12.5. The van der Waals surface area contributed by atoms with Crippen LogP contribution < -0.4 is 0 Å². The van der Waals surface area contributed by atoms with Crippen LogP contribution in [0.1, 0.15) is 35.6 Å². The van der Waals surface area contributed by atoms with Crippen molar-refractivity contribution in [3.05, 3.63) is 144 Å². The van der Waals surface area contributed by atoms with E-state index >= 15 is 0 Å². The van der Waals surface area contributed by atoms with E-state index < -0.39 is 24.4 Å². The van der Waals surface area contributed by atoms with Gasteiger partial charge in [0.1, 0.15) is 24.9 Å². The van der Waals surface area contributed by atoms with Crippen molar-refractivity contribution in [1.82, 2.24) is 5.06 Å². The molecule has 1 amide bonds. The fourth-order valence-electron chi connectivity index (χ4n) is 4.89. The van der Waals surface area contributed by atoms with Crippen LogP contribution in [-0.2, 0) is 50.3 Å². The molecule has 4 aromatic rings. The number of amides is 1. The second-order valence-corrected chi connectivity index (χ2v) is 10.2. The fraction of sp³-hybridized carbons (Fsp3) is 0.306. The van der Waals surface area contributed by atoms with Crippen LogP contribution >= 0.6 is 0 Å². The predicted molar refractivity (Wildman–Crippen MR) is 165 cm³/mol. The molecule has 4 rings (SSSR count). The SMILES string of the molecule is CCC([C@H](OCc1ccccc1)[C@H](OCc1ccccc1)[C@@H](CO)OCc1ccccc1)N(C=O)OCc1ccccc1. The normalized spacial score (nSPS) is 14.0. The second kappa shape index (κ2) is 18.0. The van der Waals surface area contributed by atoms with Crippen molar-refractivity contribution in [3.8, 4) is 0 Å². The predicted octanol–water partition coefficient (Wildman–Crippen LogP) is 6.10. The number of hydroxylamine groups is 2. The minimum absolute atomic E-state index is 0.213. The van der Waals surface area contributed by atoms with E-state index in [-0.39, 0.29) is 33.0 Å². The molecule has 43 heavy (non-hydrogen) atoms. The van der Waals surface area contributed by atoms with E-state index in [4.69, 9.17) is 19.0 Å². The van der Waals surface area contributed by atoms with Crippen molar-refractivity contribution >= 4 is 6.41 Å². The molecule has 0 saturated carbocycles. The third kappa shape index (κ3) is 10.1. The van der Waals surface area contributed by atoms with Crippen LogP contribution in [0.5, 0.6) is 0 Å². The lowest BCUT2D eigenvalue weighted by atomic mass is 9.98. The Morgan fingerprint density at radius 3 is 1.40 bits per heavy atom. The summed E-state index contributed by atoms with van der Waals surface area (Å²) in [5, 5.41) is 11.9. The van der Waals surface area contributed by atoms with Gasteiger partial charge >= 0.3 is 0 Å². The Morgan fingerprint density at radius 2 is 1.00 bits per heavy atom. The standard InChI is InChI=1S/C36H41NO6/c1-2-33(37(28-39)43-27-32-21-13-6-14-22-32)35(41-25-30-17-9-4-10-18-30)36(42-26-31-19-11-5-12-20-31)34(23-38)40-24-29-15-7-3-8-16-29/h3-22,28,33-36,38H,2,23-27H2,1H3/t33?,34-,35+,36-/m1/s1. The van der Waals surface area contributed by atoms with Gasteiger partial charge in [0.05, 0.1) is 32.5 Å². The summed E-state index contributed by atoms with van der Waals surface area (Å²) in [5.74, 6) is 0. The zero-order chi connectivity index (χ0) is 30.1. The number of aliphatic hydroxyl groups is 1. The smallest absolute Gasteiger partial charge is 0.233 e. The van der Waals surface area contributed by atoms with Crippen molar-refractivity contribution in [2.24, 2.45) is 0 Å². The van der Waals surface area contributed by atoms with Crippen molar-refractivity contribution < 1.29 is 28.9 Å².